The molecule has 1 heterocycles. The fourth-order valence-electron chi connectivity index (χ4n) is 1.89. The number of benzene rings is 1. The third-order valence-corrected chi connectivity index (χ3v) is 3.01. The molecule has 0 spiro atoms. The van der Waals surface area contributed by atoms with Crippen LogP contribution in [-0.2, 0) is 6.54 Å². The van der Waals surface area contributed by atoms with Gasteiger partial charge in [-0.25, -0.2) is 0 Å². The minimum absolute atomic E-state index is 0.544. The molecule has 2 aromatic rings. The molecule has 0 saturated heterocycles. The van der Waals surface area contributed by atoms with Crippen LogP contribution in [0.3, 0.4) is 0 Å². The van der Waals surface area contributed by atoms with Crippen molar-refractivity contribution in [3.8, 4) is 17.0 Å². The highest BCUT2D eigenvalue weighted by Crippen LogP contribution is 2.31. The molecule has 0 bridgehead atoms. The Hall–Kier alpha value is -1.52. The molecule has 2 N–H and O–H groups in total. The van der Waals surface area contributed by atoms with Gasteiger partial charge < -0.3 is 10.5 Å². The minimum atomic E-state index is 0.544. The van der Waals surface area contributed by atoms with E-state index >= 15 is 0 Å². The summed E-state index contributed by atoms with van der Waals surface area (Å²) in [7, 11) is 1.62. The zero-order valence-corrected chi connectivity index (χ0v) is 11.2. The normalized spacial score (nSPS) is 10.7. The van der Waals surface area contributed by atoms with Gasteiger partial charge >= 0.3 is 0 Å². The van der Waals surface area contributed by atoms with Gasteiger partial charge in [0.2, 0.25) is 0 Å². The van der Waals surface area contributed by atoms with Crippen LogP contribution in [0.15, 0.2) is 24.3 Å². The van der Waals surface area contributed by atoms with E-state index in [0.29, 0.717) is 18.1 Å². The monoisotopic (exact) mass is 265 g/mol. The Morgan fingerprint density at radius 1 is 1.39 bits per heavy atom. The number of nitrogens with zero attached hydrogens (tertiary/aromatic N) is 2. The van der Waals surface area contributed by atoms with Crippen LogP contribution < -0.4 is 10.5 Å². The number of hydrogen-bond donors (Lipinski definition) is 1. The highest BCUT2D eigenvalue weighted by Gasteiger charge is 2.11. The Morgan fingerprint density at radius 3 is 2.78 bits per heavy atom. The summed E-state index contributed by atoms with van der Waals surface area (Å²) < 4.78 is 7.02. The highest BCUT2D eigenvalue weighted by atomic mass is 35.5. The minimum Gasteiger partial charge on any atom is -0.497 e. The fourth-order valence-corrected chi connectivity index (χ4v) is 2.15. The van der Waals surface area contributed by atoms with Crippen LogP contribution in [-0.4, -0.2) is 23.4 Å². The van der Waals surface area contributed by atoms with E-state index in [1.807, 2.05) is 29.8 Å². The molecule has 0 unspecified atom stereocenters. The number of nitrogens with two attached hydrogens (primary N) is 1. The summed E-state index contributed by atoms with van der Waals surface area (Å²) >= 11 is 6.27. The van der Waals surface area contributed by atoms with Crippen molar-refractivity contribution in [3.05, 3.63) is 35.0 Å². The number of rotatable bonds is 4. The standard InChI is InChI=1S/C13H16ClN3O/c1-9-7-13(17(16-9)6-5-15)11-4-3-10(18-2)8-12(11)14/h3-4,7-8H,5-6,15H2,1-2H3. The van der Waals surface area contributed by atoms with E-state index < -0.39 is 0 Å². The zero-order chi connectivity index (χ0) is 13.1. The summed E-state index contributed by atoms with van der Waals surface area (Å²) in [6.07, 6.45) is 0. The maximum absolute atomic E-state index is 6.27. The first-order valence-electron chi connectivity index (χ1n) is 5.74. The number of halogens is 1. The molecule has 1 aromatic carbocycles. The average molecular weight is 266 g/mol. The van der Waals surface area contributed by atoms with Gasteiger partial charge in [-0.15, -0.1) is 0 Å². The Morgan fingerprint density at radius 2 is 2.17 bits per heavy atom. The van der Waals surface area contributed by atoms with Gasteiger partial charge in [0.05, 0.1) is 30.1 Å². The molecule has 0 atom stereocenters. The van der Waals surface area contributed by atoms with E-state index in [1.54, 1.807) is 13.2 Å². The van der Waals surface area contributed by atoms with Crippen LogP contribution in [0.4, 0.5) is 0 Å². The van der Waals surface area contributed by atoms with Gasteiger partial charge in [-0.3, -0.25) is 4.68 Å². The van der Waals surface area contributed by atoms with E-state index in [9.17, 15) is 0 Å². The molecule has 2 rings (SSSR count). The Bertz CT molecular complexity index is 551. The highest BCUT2D eigenvalue weighted by molar-refractivity contribution is 6.33. The van der Waals surface area contributed by atoms with Crippen molar-refractivity contribution >= 4 is 11.6 Å². The molecule has 0 aliphatic heterocycles. The van der Waals surface area contributed by atoms with Gasteiger partial charge in [-0.1, -0.05) is 11.6 Å². The molecule has 0 radical (unpaired) electrons. The second-order valence-electron chi connectivity index (χ2n) is 4.03. The maximum atomic E-state index is 6.27. The first kappa shape index (κ1) is 12.9. The average Bonchev–Trinajstić information content (AvgIpc) is 2.70. The molecular formula is C13H16ClN3O. The number of aryl methyl sites for hydroxylation is 1. The summed E-state index contributed by atoms with van der Waals surface area (Å²) in [6, 6.07) is 7.62. The topological polar surface area (TPSA) is 53.1 Å². The lowest BCUT2D eigenvalue weighted by Crippen LogP contribution is -2.12. The van der Waals surface area contributed by atoms with Gasteiger partial charge in [-0.05, 0) is 31.2 Å². The molecule has 5 heteroatoms. The number of ether oxygens (including phenoxy) is 1. The molecule has 18 heavy (non-hydrogen) atoms. The number of methoxy groups -OCH3 is 1. The van der Waals surface area contributed by atoms with Crippen molar-refractivity contribution in [3.63, 3.8) is 0 Å². The van der Waals surface area contributed by atoms with Crippen LogP contribution in [0.2, 0.25) is 5.02 Å². The second-order valence-corrected chi connectivity index (χ2v) is 4.44. The summed E-state index contributed by atoms with van der Waals surface area (Å²) in [5.74, 6) is 0.741. The van der Waals surface area contributed by atoms with Gasteiger partial charge in [0, 0.05) is 12.1 Å². The van der Waals surface area contributed by atoms with Gasteiger partial charge in [0.25, 0.3) is 0 Å². The molecule has 0 saturated carbocycles. The summed E-state index contributed by atoms with van der Waals surface area (Å²) in [5, 5.41) is 5.05. The first-order valence-corrected chi connectivity index (χ1v) is 6.12. The molecule has 4 nitrogen and oxygen atoms in total. The van der Waals surface area contributed by atoms with E-state index in [1.165, 1.54) is 0 Å². The van der Waals surface area contributed by atoms with Crippen LogP contribution in [0, 0.1) is 6.92 Å². The number of aromatic nitrogens is 2. The Kier molecular flexibility index (Phi) is 3.89. The van der Waals surface area contributed by atoms with Gasteiger partial charge in [0.1, 0.15) is 5.75 Å². The van der Waals surface area contributed by atoms with Crippen molar-refractivity contribution in [1.29, 1.82) is 0 Å². The summed E-state index contributed by atoms with van der Waals surface area (Å²) in [6.45, 7) is 3.17. The Balaban J connectivity index is 2.47. The lowest BCUT2D eigenvalue weighted by molar-refractivity contribution is 0.415. The predicted molar refractivity (Wildman–Crippen MR) is 73.0 cm³/mol. The van der Waals surface area contributed by atoms with Crippen LogP contribution in [0.1, 0.15) is 5.69 Å². The van der Waals surface area contributed by atoms with Crippen molar-refractivity contribution in [2.24, 2.45) is 5.73 Å². The summed E-state index contributed by atoms with van der Waals surface area (Å²) in [4.78, 5) is 0. The van der Waals surface area contributed by atoms with Crippen molar-refractivity contribution in [1.82, 2.24) is 9.78 Å². The molecule has 96 valence electrons. The Labute approximate surface area is 111 Å². The van der Waals surface area contributed by atoms with E-state index in [2.05, 4.69) is 5.10 Å². The lowest BCUT2D eigenvalue weighted by Gasteiger charge is -2.09. The molecule has 0 amide bonds. The maximum Gasteiger partial charge on any atom is 0.120 e. The quantitative estimate of drug-likeness (QED) is 0.924. The predicted octanol–water partition coefficient (Wildman–Crippen LogP) is 2.48. The molecule has 0 aliphatic carbocycles. The van der Waals surface area contributed by atoms with E-state index in [4.69, 9.17) is 22.1 Å². The van der Waals surface area contributed by atoms with Crippen LogP contribution in [0.5, 0.6) is 5.75 Å². The molecular weight excluding hydrogens is 250 g/mol. The van der Waals surface area contributed by atoms with Gasteiger partial charge in [-0.2, -0.15) is 5.10 Å². The fraction of sp³-hybridized carbons (Fsp3) is 0.308. The lowest BCUT2D eigenvalue weighted by atomic mass is 10.1. The molecule has 1 aromatic heterocycles. The van der Waals surface area contributed by atoms with E-state index in [-0.39, 0.29) is 0 Å². The van der Waals surface area contributed by atoms with Crippen molar-refractivity contribution < 1.29 is 4.74 Å². The molecule has 0 aliphatic rings. The number of hydrogen-bond acceptors (Lipinski definition) is 3. The first-order chi connectivity index (χ1) is 8.65. The van der Waals surface area contributed by atoms with Crippen LogP contribution >= 0.6 is 11.6 Å². The van der Waals surface area contributed by atoms with Crippen LogP contribution in [0.25, 0.3) is 11.3 Å². The van der Waals surface area contributed by atoms with Gasteiger partial charge in [0.15, 0.2) is 0 Å². The SMILES string of the molecule is COc1ccc(-c2cc(C)nn2CCN)c(Cl)c1. The molecule has 0 fully saturated rings. The van der Waals surface area contributed by atoms with E-state index in [0.717, 1.165) is 22.7 Å². The van der Waals surface area contributed by atoms with Crippen molar-refractivity contribution in [2.75, 3.05) is 13.7 Å². The largest absolute Gasteiger partial charge is 0.497 e. The third kappa shape index (κ3) is 2.49. The summed E-state index contributed by atoms with van der Waals surface area (Å²) in [5.41, 5.74) is 8.45. The third-order valence-electron chi connectivity index (χ3n) is 2.70. The second kappa shape index (κ2) is 5.42. The zero-order valence-electron chi connectivity index (χ0n) is 10.5. The smallest absolute Gasteiger partial charge is 0.120 e. The van der Waals surface area contributed by atoms with Crippen molar-refractivity contribution in [2.45, 2.75) is 13.5 Å².